The van der Waals surface area contributed by atoms with Gasteiger partial charge in [-0.3, -0.25) is 9.59 Å². The number of rotatable bonds is 5. The van der Waals surface area contributed by atoms with E-state index < -0.39 is 5.60 Å². The summed E-state index contributed by atoms with van der Waals surface area (Å²) in [6.07, 6.45) is 1.39. The van der Waals surface area contributed by atoms with Gasteiger partial charge in [-0.05, 0) is 27.2 Å². The fourth-order valence-corrected chi connectivity index (χ4v) is 1.01. The van der Waals surface area contributed by atoms with Gasteiger partial charge in [0, 0.05) is 6.42 Å². The van der Waals surface area contributed by atoms with Crippen LogP contribution in [-0.4, -0.2) is 28.4 Å². The van der Waals surface area contributed by atoms with Gasteiger partial charge < -0.3 is 10.3 Å². The van der Waals surface area contributed by atoms with E-state index in [4.69, 9.17) is 10.3 Å². The van der Waals surface area contributed by atoms with Crippen molar-refractivity contribution in [3.05, 3.63) is 5.53 Å². The number of hydrogen-bond acceptors (Lipinski definition) is 3. The maximum atomic E-state index is 11.5. The quantitative estimate of drug-likeness (QED) is 0.309. The van der Waals surface area contributed by atoms with Gasteiger partial charge in [-0.25, -0.2) is 0 Å². The van der Waals surface area contributed by atoms with E-state index in [2.05, 4.69) is 4.79 Å². The van der Waals surface area contributed by atoms with Crippen LogP contribution in [0.3, 0.4) is 0 Å². The molecule has 5 heteroatoms. The fraction of sp³-hybridized carbons (Fsp3) is 0.727. The lowest BCUT2D eigenvalue weighted by atomic mass is 10.0. The van der Waals surface area contributed by atoms with Crippen LogP contribution in [0.5, 0.6) is 0 Å². The molecular weight excluding hydrogens is 208 g/mol. The van der Waals surface area contributed by atoms with Crippen LogP contribution in [0.25, 0.3) is 5.53 Å². The standard InChI is InChI=1S/C11H18N2O3/c1-8(5-6-9(14)7-13-12)10(15)16-11(2,3)4/h7-8H,5-6H2,1-4H3/t8-/m0/s1. The smallest absolute Gasteiger partial charge is 0.323 e. The first-order valence-corrected chi connectivity index (χ1v) is 5.19. The Kier molecular flexibility index (Phi) is 5.61. The maximum Gasteiger partial charge on any atom is 0.323 e. The first kappa shape index (κ1) is 14.5. The number of hydrogen-bond donors (Lipinski definition) is 0. The summed E-state index contributed by atoms with van der Waals surface area (Å²) in [5.41, 5.74) is 7.61. The summed E-state index contributed by atoms with van der Waals surface area (Å²) >= 11 is 0. The molecule has 5 nitrogen and oxygen atoms in total. The molecule has 0 rings (SSSR count). The molecule has 0 aromatic carbocycles. The Morgan fingerprint density at radius 1 is 1.44 bits per heavy atom. The topological polar surface area (TPSA) is 79.8 Å². The molecule has 0 spiro atoms. The van der Waals surface area contributed by atoms with E-state index in [1.54, 1.807) is 27.7 Å². The molecule has 0 saturated heterocycles. The predicted molar refractivity (Wildman–Crippen MR) is 58.9 cm³/mol. The van der Waals surface area contributed by atoms with Crippen molar-refractivity contribution in [2.75, 3.05) is 0 Å². The number of ketones is 1. The number of carbonyl (C=O) groups is 2. The van der Waals surface area contributed by atoms with Crippen LogP contribution >= 0.6 is 0 Å². The Morgan fingerprint density at radius 3 is 2.44 bits per heavy atom. The van der Waals surface area contributed by atoms with Crippen molar-refractivity contribution in [2.45, 2.75) is 46.1 Å². The summed E-state index contributed by atoms with van der Waals surface area (Å²) < 4.78 is 5.16. The van der Waals surface area contributed by atoms with Gasteiger partial charge >= 0.3 is 12.2 Å². The van der Waals surface area contributed by atoms with Crippen molar-refractivity contribution in [3.8, 4) is 0 Å². The van der Waals surface area contributed by atoms with Crippen molar-refractivity contribution < 1.29 is 19.1 Å². The first-order valence-electron chi connectivity index (χ1n) is 5.19. The molecule has 0 fully saturated rings. The lowest BCUT2D eigenvalue weighted by Crippen LogP contribution is -2.27. The second-order valence-corrected chi connectivity index (χ2v) is 4.68. The van der Waals surface area contributed by atoms with E-state index in [-0.39, 0.29) is 24.1 Å². The Bertz CT molecular complexity index is 312. The van der Waals surface area contributed by atoms with Gasteiger partial charge in [-0.15, -0.1) is 0 Å². The highest BCUT2D eigenvalue weighted by Crippen LogP contribution is 2.14. The summed E-state index contributed by atoms with van der Waals surface area (Å²) in [4.78, 5) is 25.1. The van der Waals surface area contributed by atoms with Crippen LogP contribution in [0, 0.1) is 5.92 Å². The predicted octanol–water partition coefficient (Wildman–Crippen LogP) is 1.61. The minimum Gasteiger partial charge on any atom is -0.460 e. The average molecular weight is 226 g/mol. The third-order valence-corrected chi connectivity index (χ3v) is 1.83. The van der Waals surface area contributed by atoms with Gasteiger partial charge in [0.15, 0.2) is 0 Å². The van der Waals surface area contributed by atoms with Gasteiger partial charge in [0.05, 0.1) is 5.92 Å². The van der Waals surface area contributed by atoms with E-state index in [9.17, 15) is 9.59 Å². The SMILES string of the molecule is C[C@@H](CCC(=O)C=[N+]=[N-])C(=O)OC(C)(C)C. The molecule has 0 saturated carbocycles. The number of ether oxygens (including phenoxy) is 1. The number of esters is 1. The van der Waals surface area contributed by atoms with E-state index in [1.807, 2.05) is 0 Å². The van der Waals surface area contributed by atoms with Crippen LogP contribution in [0.1, 0.15) is 40.5 Å². The molecule has 1 atom stereocenters. The summed E-state index contributed by atoms with van der Waals surface area (Å²) in [5, 5.41) is 0. The molecular formula is C11H18N2O3. The Morgan fingerprint density at radius 2 is 2.00 bits per heavy atom. The van der Waals surface area contributed by atoms with E-state index in [1.165, 1.54) is 0 Å². The monoisotopic (exact) mass is 226 g/mol. The second-order valence-electron chi connectivity index (χ2n) is 4.68. The van der Waals surface area contributed by atoms with Gasteiger partial charge in [-0.2, -0.15) is 4.79 Å². The zero-order valence-electron chi connectivity index (χ0n) is 10.2. The molecule has 0 aliphatic heterocycles. The van der Waals surface area contributed by atoms with Crippen molar-refractivity contribution in [3.63, 3.8) is 0 Å². The maximum absolute atomic E-state index is 11.5. The Balaban J connectivity index is 4.07. The lowest BCUT2D eigenvalue weighted by Gasteiger charge is -2.21. The van der Waals surface area contributed by atoms with Gasteiger partial charge in [0.25, 0.3) is 0 Å². The molecule has 0 radical (unpaired) electrons. The van der Waals surface area contributed by atoms with Crippen molar-refractivity contribution in [2.24, 2.45) is 5.92 Å². The third kappa shape index (κ3) is 6.90. The summed E-state index contributed by atoms with van der Waals surface area (Å²) in [6.45, 7) is 7.08. The van der Waals surface area contributed by atoms with Crippen molar-refractivity contribution >= 4 is 18.0 Å². The molecule has 0 aliphatic rings. The normalized spacial score (nSPS) is 12.5. The van der Waals surface area contributed by atoms with Crippen LogP contribution < -0.4 is 0 Å². The number of Topliss-reactive ketones (excluding diaryl/α,β-unsaturated/α-hetero) is 1. The molecule has 0 amide bonds. The van der Waals surface area contributed by atoms with E-state index in [0.29, 0.717) is 6.42 Å². The van der Waals surface area contributed by atoms with Crippen molar-refractivity contribution in [1.29, 1.82) is 0 Å². The molecule has 0 aromatic heterocycles. The molecule has 0 bridgehead atoms. The highest BCUT2D eigenvalue weighted by atomic mass is 16.6. The number of carbonyl (C=O) groups excluding carboxylic acids is 2. The molecule has 16 heavy (non-hydrogen) atoms. The molecule has 90 valence electrons. The largest absolute Gasteiger partial charge is 0.460 e. The number of nitrogens with zero attached hydrogens (tertiary/aromatic N) is 2. The van der Waals surface area contributed by atoms with Crippen LogP contribution in [-0.2, 0) is 14.3 Å². The van der Waals surface area contributed by atoms with Crippen molar-refractivity contribution in [1.82, 2.24) is 0 Å². The molecule has 0 unspecified atom stereocenters. The van der Waals surface area contributed by atoms with Gasteiger partial charge in [0.2, 0.25) is 5.78 Å². The zero-order chi connectivity index (χ0) is 12.8. The van der Waals surface area contributed by atoms with Crippen LogP contribution in [0.15, 0.2) is 0 Å². The van der Waals surface area contributed by atoms with E-state index in [0.717, 1.165) is 6.21 Å². The highest BCUT2D eigenvalue weighted by Gasteiger charge is 2.22. The Labute approximate surface area is 95.4 Å². The molecule has 0 N–H and O–H groups in total. The molecule has 0 aliphatic carbocycles. The van der Waals surface area contributed by atoms with Crippen LogP contribution in [0.4, 0.5) is 0 Å². The van der Waals surface area contributed by atoms with E-state index >= 15 is 0 Å². The molecule has 0 heterocycles. The molecule has 0 aromatic rings. The zero-order valence-corrected chi connectivity index (χ0v) is 10.2. The highest BCUT2D eigenvalue weighted by molar-refractivity contribution is 6.25. The minimum absolute atomic E-state index is 0.171. The third-order valence-electron chi connectivity index (χ3n) is 1.83. The first-order chi connectivity index (χ1) is 7.26. The fourth-order valence-electron chi connectivity index (χ4n) is 1.01. The lowest BCUT2D eigenvalue weighted by molar-refractivity contribution is -0.159. The van der Waals surface area contributed by atoms with Gasteiger partial charge in [-0.1, -0.05) is 6.92 Å². The summed E-state index contributed by atoms with van der Waals surface area (Å²) in [6, 6.07) is 0. The average Bonchev–Trinajstić information content (AvgIpc) is 2.11. The second kappa shape index (κ2) is 6.18. The minimum atomic E-state index is -0.512. The van der Waals surface area contributed by atoms with Gasteiger partial charge in [0.1, 0.15) is 5.60 Å². The van der Waals surface area contributed by atoms with Crippen LogP contribution in [0.2, 0.25) is 0 Å². The summed E-state index contributed by atoms with van der Waals surface area (Å²) in [5.74, 6) is -0.964. The summed E-state index contributed by atoms with van der Waals surface area (Å²) in [7, 11) is 0. The Hall–Kier alpha value is -1.48.